The molecule has 0 bridgehead atoms. The highest BCUT2D eigenvalue weighted by Gasteiger charge is 2.37. The normalized spacial score (nSPS) is 27.1. The van der Waals surface area contributed by atoms with Gasteiger partial charge < -0.3 is 4.48 Å². The molecule has 1 rings (SSSR count). The summed E-state index contributed by atoms with van der Waals surface area (Å²) in [6.45, 7) is 5.49. The maximum absolute atomic E-state index is 11.6. The second kappa shape index (κ2) is 15.1. The van der Waals surface area contributed by atoms with Crippen LogP contribution in [0.4, 0.5) is 0 Å². The van der Waals surface area contributed by atoms with Crippen molar-refractivity contribution in [3.05, 3.63) is 0 Å². The largest absolute Gasteiger partial charge is 0.409 e. The van der Waals surface area contributed by atoms with Gasteiger partial charge in [0, 0.05) is 11.5 Å². The van der Waals surface area contributed by atoms with Crippen LogP contribution in [0.15, 0.2) is 0 Å². The SMILES string of the molecule is CCCCCCCCCCCCCCCC[N+]1(C)CCS(C)(OS(=O)(=O)OC)CC1. The summed E-state index contributed by atoms with van der Waals surface area (Å²) in [5.74, 6) is 1.68. The fraction of sp³-hybridized carbons (Fsp3) is 1.00. The average Bonchev–Trinajstić information content (AvgIpc) is 2.71. The Bertz CT molecular complexity index is 531. The van der Waals surface area contributed by atoms with E-state index >= 15 is 0 Å². The molecule has 0 spiro atoms. The summed E-state index contributed by atoms with van der Waals surface area (Å²) < 4.78 is 34.1. The van der Waals surface area contributed by atoms with E-state index in [1.165, 1.54) is 96.4 Å². The number of nitrogens with zero attached hydrogens (tertiary/aromatic N) is 1. The van der Waals surface area contributed by atoms with E-state index in [0.29, 0.717) is 0 Å². The van der Waals surface area contributed by atoms with Crippen molar-refractivity contribution < 1.29 is 20.7 Å². The van der Waals surface area contributed by atoms with Gasteiger partial charge in [0.25, 0.3) is 0 Å². The third-order valence-corrected chi connectivity index (χ3v) is 11.1. The summed E-state index contributed by atoms with van der Waals surface area (Å²) in [6, 6.07) is 0. The summed E-state index contributed by atoms with van der Waals surface area (Å²) in [5.41, 5.74) is 0. The average molecular weight is 469 g/mol. The minimum atomic E-state index is -3.83. The lowest BCUT2D eigenvalue weighted by atomic mass is 10.0. The Labute approximate surface area is 189 Å². The molecule has 0 aromatic rings. The van der Waals surface area contributed by atoms with Crippen molar-refractivity contribution in [1.29, 1.82) is 0 Å². The first kappa shape index (κ1) is 28.2. The Morgan fingerprint density at radius 3 is 1.57 bits per heavy atom. The van der Waals surface area contributed by atoms with Crippen LogP contribution in [0.3, 0.4) is 0 Å². The number of quaternary nitrogens is 1. The standard InChI is InChI=1S/C23H50NO4S2/c1-5-6-7-8-9-10-11-12-13-14-15-16-17-18-19-24(2)20-22-29(4,23-21-24)28-30(25,26)27-3/h5-23H2,1-4H3/q+1. The van der Waals surface area contributed by atoms with Gasteiger partial charge in [0.2, 0.25) is 0 Å². The molecule has 1 aliphatic heterocycles. The molecule has 0 aromatic carbocycles. The Balaban J connectivity index is 1.99. The summed E-state index contributed by atoms with van der Waals surface area (Å²) in [5, 5.41) is 0. The zero-order valence-corrected chi connectivity index (χ0v) is 22.0. The Morgan fingerprint density at radius 1 is 0.767 bits per heavy atom. The van der Waals surface area contributed by atoms with E-state index in [1.54, 1.807) is 0 Å². The maximum Gasteiger partial charge on any atom is 0.409 e. The van der Waals surface area contributed by atoms with Crippen molar-refractivity contribution in [3.63, 3.8) is 0 Å². The molecule has 1 fully saturated rings. The Hall–Kier alpha value is 0.180. The zero-order chi connectivity index (χ0) is 22.3. The van der Waals surface area contributed by atoms with Crippen molar-refractivity contribution in [1.82, 2.24) is 0 Å². The van der Waals surface area contributed by atoms with Gasteiger partial charge in [-0.25, -0.2) is 0 Å². The molecule has 0 unspecified atom stereocenters. The molecule has 0 amide bonds. The van der Waals surface area contributed by atoms with E-state index in [4.69, 9.17) is 3.63 Å². The van der Waals surface area contributed by atoms with Crippen molar-refractivity contribution >= 4 is 20.7 Å². The van der Waals surface area contributed by atoms with Gasteiger partial charge in [0.05, 0.1) is 33.8 Å². The molecule has 7 heteroatoms. The molecular weight excluding hydrogens is 418 g/mol. The molecule has 1 aliphatic rings. The molecule has 0 saturated carbocycles. The van der Waals surface area contributed by atoms with Crippen LogP contribution in [-0.2, 0) is 18.2 Å². The van der Waals surface area contributed by atoms with E-state index in [0.717, 1.165) is 36.2 Å². The first-order valence-electron chi connectivity index (χ1n) is 12.3. The van der Waals surface area contributed by atoms with Crippen LogP contribution in [0.1, 0.15) is 96.8 Å². The molecule has 1 saturated heterocycles. The van der Waals surface area contributed by atoms with E-state index in [9.17, 15) is 8.42 Å². The molecule has 0 radical (unpaired) electrons. The first-order chi connectivity index (χ1) is 14.2. The fourth-order valence-electron chi connectivity index (χ4n) is 4.25. The molecule has 0 atom stereocenters. The highest BCUT2D eigenvalue weighted by atomic mass is 32.3. The molecule has 182 valence electrons. The van der Waals surface area contributed by atoms with Gasteiger partial charge in [0.1, 0.15) is 0 Å². The molecule has 0 N–H and O–H groups in total. The molecule has 0 aromatic heterocycles. The minimum absolute atomic E-state index is 0.838. The summed E-state index contributed by atoms with van der Waals surface area (Å²) >= 11 is 0. The van der Waals surface area contributed by atoms with Gasteiger partial charge in [-0.1, -0.05) is 84.0 Å². The summed E-state index contributed by atoms with van der Waals surface area (Å²) in [6.07, 6.45) is 21.5. The highest BCUT2D eigenvalue weighted by Crippen LogP contribution is 2.49. The lowest BCUT2D eigenvalue weighted by Gasteiger charge is -2.46. The quantitative estimate of drug-likeness (QED) is 0.178. The van der Waals surface area contributed by atoms with Crippen LogP contribution in [0, 0.1) is 0 Å². The van der Waals surface area contributed by atoms with Crippen LogP contribution in [0.25, 0.3) is 0 Å². The summed E-state index contributed by atoms with van der Waals surface area (Å²) in [4.78, 5) is 0. The van der Waals surface area contributed by atoms with Crippen molar-refractivity contribution in [3.8, 4) is 0 Å². The third kappa shape index (κ3) is 12.9. The van der Waals surface area contributed by atoms with Crippen LogP contribution in [-0.4, -0.2) is 64.5 Å². The van der Waals surface area contributed by atoms with Gasteiger partial charge >= 0.3 is 10.4 Å². The smallest absolute Gasteiger partial charge is 0.325 e. The zero-order valence-electron chi connectivity index (χ0n) is 20.3. The molecule has 0 aliphatic carbocycles. The first-order valence-corrected chi connectivity index (χ1v) is 16.0. The lowest BCUT2D eigenvalue weighted by Crippen LogP contribution is -2.53. The fourth-order valence-corrected chi connectivity index (χ4v) is 8.48. The van der Waals surface area contributed by atoms with E-state index in [2.05, 4.69) is 18.2 Å². The molecule has 1 heterocycles. The molecule has 30 heavy (non-hydrogen) atoms. The minimum Gasteiger partial charge on any atom is -0.325 e. The highest BCUT2D eigenvalue weighted by molar-refractivity contribution is 8.32. The number of hydrogen-bond acceptors (Lipinski definition) is 4. The summed E-state index contributed by atoms with van der Waals surface area (Å²) in [7, 11) is -1.92. The van der Waals surface area contributed by atoms with E-state index < -0.39 is 20.7 Å². The molecular formula is C23H50NO4S2+. The van der Waals surface area contributed by atoms with Crippen molar-refractivity contribution in [2.75, 3.05) is 51.6 Å². The van der Waals surface area contributed by atoms with Crippen LogP contribution >= 0.6 is 10.3 Å². The lowest BCUT2D eigenvalue weighted by molar-refractivity contribution is -0.906. The van der Waals surface area contributed by atoms with Crippen molar-refractivity contribution in [2.24, 2.45) is 0 Å². The predicted octanol–water partition coefficient (Wildman–Crippen LogP) is 6.19. The second-order valence-corrected chi connectivity index (χ2v) is 14.5. The topological polar surface area (TPSA) is 52.6 Å². The van der Waals surface area contributed by atoms with Gasteiger partial charge in [0.15, 0.2) is 0 Å². The number of rotatable bonds is 18. The van der Waals surface area contributed by atoms with Gasteiger partial charge in [-0.2, -0.15) is 12.0 Å². The predicted molar refractivity (Wildman–Crippen MR) is 131 cm³/mol. The van der Waals surface area contributed by atoms with Crippen LogP contribution in [0.5, 0.6) is 0 Å². The third-order valence-electron chi connectivity index (χ3n) is 6.63. The van der Waals surface area contributed by atoms with Crippen LogP contribution < -0.4 is 0 Å². The number of hydrogen-bond donors (Lipinski definition) is 0. The van der Waals surface area contributed by atoms with Crippen LogP contribution in [0.2, 0.25) is 0 Å². The van der Waals surface area contributed by atoms with E-state index in [-0.39, 0.29) is 0 Å². The molecule has 5 nitrogen and oxygen atoms in total. The second-order valence-electron chi connectivity index (χ2n) is 9.62. The van der Waals surface area contributed by atoms with Gasteiger partial charge in [-0.3, -0.25) is 4.18 Å². The van der Waals surface area contributed by atoms with Crippen molar-refractivity contribution in [2.45, 2.75) is 96.8 Å². The monoisotopic (exact) mass is 468 g/mol. The van der Waals surface area contributed by atoms with Gasteiger partial charge in [-0.15, -0.1) is 10.3 Å². The Kier molecular flexibility index (Phi) is 14.2. The Morgan fingerprint density at radius 2 is 1.17 bits per heavy atom. The van der Waals surface area contributed by atoms with Gasteiger partial charge in [-0.05, 0) is 19.1 Å². The van der Waals surface area contributed by atoms with E-state index in [1.807, 2.05) is 6.26 Å². The number of unbranched alkanes of at least 4 members (excludes halogenated alkanes) is 13. The maximum atomic E-state index is 11.6.